The Labute approximate surface area is 105 Å². The number of aromatic nitrogens is 1. The fourth-order valence-corrected chi connectivity index (χ4v) is 2.30. The van der Waals surface area contributed by atoms with E-state index in [2.05, 4.69) is 10.3 Å². The third-order valence-corrected chi connectivity index (χ3v) is 3.60. The number of hydrogen-bond donors (Lipinski definition) is 2. The summed E-state index contributed by atoms with van der Waals surface area (Å²) in [4.78, 5) is 4.14. The summed E-state index contributed by atoms with van der Waals surface area (Å²) in [5.41, 5.74) is 0.941. The minimum atomic E-state index is -0.574. The summed E-state index contributed by atoms with van der Waals surface area (Å²) < 4.78 is 13.1. The Kier molecular flexibility index (Phi) is 2.67. The second-order valence-corrected chi connectivity index (χ2v) is 4.95. The molecule has 18 heavy (non-hydrogen) atoms. The zero-order chi connectivity index (χ0) is 12.6. The van der Waals surface area contributed by atoms with Gasteiger partial charge in [-0.15, -0.1) is 0 Å². The van der Waals surface area contributed by atoms with Gasteiger partial charge in [0.05, 0.1) is 11.1 Å². The summed E-state index contributed by atoms with van der Waals surface area (Å²) in [6.07, 6.45) is 4.42. The molecule has 0 radical (unpaired) electrons. The van der Waals surface area contributed by atoms with Gasteiger partial charge in [0, 0.05) is 29.9 Å². The highest BCUT2D eigenvalue weighted by Gasteiger charge is 2.33. The minimum absolute atomic E-state index is 0.287. The Morgan fingerprint density at radius 2 is 2.17 bits per heavy atom. The maximum Gasteiger partial charge on any atom is 0.125 e. The van der Waals surface area contributed by atoms with Gasteiger partial charge in [0.25, 0.3) is 0 Å². The van der Waals surface area contributed by atoms with Gasteiger partial charge in [0.15, 0.2) is 0 Å². The quantitative estimate of drug-likeness (QED) is 0.875. The number of fused-ring (bicyclic) bond motifs is 1. The van der Waals surface area contributed by atoms with E-state index in [-0.39, 0.29) is 5.82 Å². The van der Waals surface area contributed by atoms with E-state index in [9.17, 15) is 9.50 Å². The molecule has 2 aromatic rings. The molecule has 1 aliphatic rings. The fraction of sp³-hybridized carbons (Fsp3) is 0.357. The summed E-state index contributed by atoms with van der Waals surface area (Å²) in [5, 5.41) is 14.2. The molecule has 94 valence electrons. The Bertz CT molecular complexity index is 581. The Hall–Kier alpha value is -1.68. The SMILES string of the molecule is OC1(CNc2ccnc3cc(F)ccc23)CCC1. The maximum atomic E-state index is 13.1. The average Bonchev–Trinajstić information content (AvgIpc) is 2.33. The van der Waals surface area contributed by atoms with Crippen LogP contribution in [0.25, 0.3) is 10.9 Å². The van der Waals surface area contributed by atoms with E-state index in [1.165, 1.54) is 12.1 Å². The maximum absolute atomic E-state index is 13.1. The fourth-order valence-electron chi connectivity index (χ4n) is 2.30. The summed E-state index contributed by atoms with van der Waals surface area (Å²) in [7, 11) is 0. The summed E-state index contributed by atoms with van der Waals surface area (Å²) in [6.45, 7) is 0.531. The predicted molar refractivity (Wildman–Crippen MR) is 69.0 cm³/mol. The molecule has 1 saturated carbocycles. The number of halogens is 1. The Morgan fingerprint density at radius 3 is 2.89 bits per heavy atom. The molecule has 1 heterocycles. The first-order chi connectivity index (χ1) is 8.66. The molecule has 4 heteroatoms. The molecule has 0 unspecified atom stereocenters. The lowest BCUT2D eigenvalue weighted by Crippen LogP contribution is -2.43. The molecule has 0 spiro atoms. The topological polar surface area (TPSA) is 45.1 Å². The number of benzene rings is 1. The van der Waals surface area contributed by atoms with E-state index >= 15 is 0 Å². The van der Waals surface area contributed by atoms with Crippen LogP contribution in [0.1, 0.15) is 19.3 Å². The zero-order valence-corrected chi connectivity index (χ0v) is 9.99. The third kappa shape index (κ3) is 2.04. The largest absolute Gasteiger partial charge is 0.388 e. The lowest BCUT2D eigenvalue weighted by molar-refractivity contribution is -0.0201. The summed E-state index contributed by atoms with van der Waals surface area (Å²) in [5.74, 6) is -0.287. The van der Waals surface area contributed by atoms with Gasteiger partial charge in [-0.1, -0.05) is 0 Å². The van der Waals surface area contributed by atoms with Crippen LogP contribution in [0.4, 0.5) is 10.1 Å². The van der Waals surface area contributed by atoms with Crippen molar-refractivity contribution in [3.63, 3.8) is 0 Å². The van der Waals surface area contributed by atoms with Crippen LogP contribution in [0, 0.1) is 5.82 Å². The number of nitrogens with one attached hydrogen (secondary N) is 1. The van der Waals surface area contributed by atoms with E-state index < -0.39 is 5.60 Å². The van der Waals surface area contributed by atoms with Crippen LogP contribution in [-0.4, -0.2) is 22.2 Å². The van der Waals surface area contributed by atoms with Crippen LogP contribution in [0.15, 0.2) is 30.5 Å². The van der Waals surface area contributed by atoms with Crippen molar-refractivity contribution >= 4 is 16.6 Å². The lowest BCUT2D eigenvalue weighted by atomic mass is 9.80. The molecule has 0 atom stereocenters. The zero-order valence-electron chi connectivity index (χ0n) is 9.99. The smallest absolute Gasteiger partial charge is 0.125 e. The average molecular weight is 246 g/mol. The molecule has 1 aromatic heterocycles. The van der Waals surface area contributed by atoms with Gasteiger partial charge in [-0.05, 0) is 37.5 Å². The first kappa shape index (κ1) is 11.4. The highest BCUT2D eigenvalue weighted by Crippen LogP contribution is 2.32. The Balaban J connectivity index is 1.87. The standard InChI is InChI=1S/C14H15FN2O/c15-10-2-3-11-12(4-7-16-13(11)8-10)17-9-14(18)5-1-6-14/h2-4,7-8,18H,1,5-6,9H2,(H,16,17). The van der Waals surface area contributed by atoms with Crippen molar-refractivity contribution in [3.05, 3.63) is 36.3 Å². The summed E-state index contributed by atoms with van der Waals surface area (Å²) >= 11 is 0. The number of aliphatic hydroxyl groups is 1. The molecule has 0 bridgehead atoms. The molecule has 0 amide bonds. The van der Waals surface area contributed by atoms with Gasteiger partial charge in [-0.3, -0.25) is 4.98 Å². The van der Waals surface area contributed by atoms with Crippen LogP contribution in [-0.2, 0) is 0 Å². The highest BCUT2D eigenvalue weighted by molar-refractivity contribution is 5.90. The molecule has 1 aromatic carbocycles. The molecule has 2 N–H and O–H groups in total. The van der Waals surface area contributed by atoms with Crippen molar-refractivity contribution in [2.75, 3.05) is 11.9 Å². The molecule has 0 aliphatic heterocycles. The van der Waals surface area contributed by atoms with Crippen molar-refractivity contribution in [3.8, 4) is 0 Å². The van der Waals surface area contributed by atoms with Crippen molar-refractivity contribution in [1.29, 1.82) is 0 Å². The molecule has 1 fully saturated rings. The number of pyridine rings is 1. The van der Waals surface area contributed by atoms with Crippen LogP contribution in [0.3, 0.4) is 0 Å². The number of anilines is 1. The second kappa shape index (κ2) is 4.21. The predicted octanol–water partition coefficient (Wildman–Crippen LogP) is 2.70. The van der Waals surface area contributed by atoms with E-state index in [0.29, 0.717) is 12.1 Å². The molecular weight excluding hydrogens is 231 g/mol. The van der Waals surface area contributed by atoms with Gasteiger partial charge in [-0.2, -0.15) is 0 Å². The Morgan fingerprint density at radius 1 is 1.33 bits per heavy atom. The molecule has 0 saturated heterocycles. The molecule has 3 rings (SSSR count). The van der Waals surface area contributed by atoms with Crippen molar-refractivity contribution in [2.24, 2.45) is 0 Å². The van der Waals surface area contributed by atoms with Gasteiger partial charge in [-0.25, -0.2) is 4.39 Å². The second-order valence-electron chi connectivity index (χ2n) is 4.95. The minimum Gasteiger partial charge on any atom is -0.388 e. The van der Waals surface area contributed by atoms with Crippen molar-refractivity contribution < 1.29 is 9.50 Å². The molecule has 3 nitrogen and oxygen atoms in total. The number of rotatable bonds is 3. The highest BCUT2D eigenvalue weighted by atomic mass is 19.1. The van der Waals surface area contributed by atoms with Gasteiger partial charge in [0.2, 0.25) is 0 Å². The van der Waals surface area contributed by atoms with E-state index in [1.54, 1.807) is 12.3 Å². The van der Waals surface area contributed by atoms with Gasteiger partial charge < -0.3 is 10.4 Å². The normalized spacial score (nSPS) is 17.4. The van der Waals surface area contributed by atoms with Crippen LogP contribution in [0.5, 0.6) is 0 Å². The first-order valence-electron chi connectivity index (χ1n) is 6.17. The van der Waals surface area contributed by atoms with E-state index in [4.69, 9.17) is 0 Å². The first-order valence-corrected chi connectivity index (χ1v) is 6.17. The molecule has 1 aliphatic carbocycles. The van der Waals surface area contributed by atoms with Crippen LogP contribution < -0.4 is 5.32 Å². The third-order valence-electron chi connectivity index (χ3n) is 3.60. The van der Waals surface area contributed by atoms with Gasteiger partial charge >= 0.3 is 0 Å². The monoisotopic (exact) mass is 246 g/mol. The number of nitrogens with zero attached hydrogens (tertiary/aromatic N) is 1. The van der Waals surface area contributed by atoms with Crippen molar-refractivity contribution in [1.82, 2.24) is 4.98 Å². The van der Waals surface area contributed by atoms with Crippen LogP contribution in [0.2, 0.25) is 0 Å². The lowest BCUT2D eigenvalue weighted by Gasteiger charge is -2.37. The van der Waals surface area contributed by atoms with Crippen LogP contribution >= 0.6 is 0 Å². The van der Waals surface area contributed by atoms with Gasteiger partial charge in [0.1, 0.15) is 5.82 Å². The van der Waals surface area contributed by atoms with E-state index in [0.717, 1.165) is 30.3 Å². The van der Waals surface area contributed by atoms with Crippen molar-refractivity contribution in [2.45, 2.75) is 24.9 Å². The molecular formula is C14H15FN2O. The number of hydrogen-bond acceptors (Lipinski definition) is 3. The summed E-state index contributed by atoms with van der Waals surface area (Å²) in [6, 6.07) is 6.40. The van der Waals surface area contributed by atoms with E-state index in [1.807, 2.05) is 6.07 Å².